The highest BCUT2D eigenvalue weighted by atomic mass is 16.2. The lowest BCUT2D eigenvalue weighted by Crippen LogP contribution is -2.36. The van der Waals surface area contributed by atoms with Crippen molar-refractivity contribution in [1.29, 1.82) is 0 Å². The molecule has 1 atom stereocenters. The number of benzene rings is 1. The summed E-state index contributed by atoms with van der Waals surface area (Å²) in [6.07, 6.45) is 3.23. The number of carbonyl (C=O) groups excluding carboxylic acids is 1. The lowest BCUT2D eigenvalue weighted by molar-refractivity contribution is -0.128. The third-order valence-corrected chi connectivity index (χ3v) is 3.65. The summed E-state index contributed by atoms with van der Waals surface area (Å²) in [5, 5.41) is 3.03. The molecule has 4 heteroatoms. The Morgan fingerprint density at radius 1 is 1.44 bits per heavy atom. The van der Waals surface area contributed by atoms with E-state index in [-0.39, 0.29) is 17.9 Å². The van der Waals surface area contributed by atoms with Gasteiger partial charge in [0.05, 0.1) is 17.1 Å². The van der Waals surface area contributed by atoms with Gasteiger partial charge < -0.3 is 10.3 Å². The Kier molecular flexibility index (Phi) is 2.78. The monoisotopic (exact) mass is 243 g/mol. The number of nitrogens with one attached hydrogen (secondary N) is 2. The Morgan fingerprint density at radius 2 is 2.22 bits per heavy atom. The fourth-order valence-electron chi connectivity index (χ4n) is 2.25. The highest BCUT2D eigenvalue weighted by Crippen LogP contribution is 2.27. The van der Waals surface area contributed by atoms with Crippen LogP contribution in [0.15, 0.2) is 24.3 Å². The van der Waals surface area contributed by atoms with Crippen molar-refractivity contribution in [2.45, 2.75) is 32.2 Å². The number of imidazole rings is 1. The molecular formula is C14H17N3O. The van der Waals surface area contributed by atoms with E-state index in [9.17, 15) is 4.79 Å². The zero-order valence-electron chi connectivity index (χ0n) is 10.4. The van der Waals surface area contributed by atoms with Gasteiger partial charge in [0.25, 0.3) is 0 Å². The van der Waals surface area contributed by atoms with E-state index >= 15 is 0 Å². The number of H-pyrrole nitrogens is 1. The van der Waals surface area contributed by atoms with Crippen LogP contribution in [0.4, 0.5) is 0 Å². The summed E-state index contributed by atoms with van der Waals surface area (Å²) in [4.78, 5) is 19.6. The number of hydrogen-bond acceptors (Lipinski definition) is 2. The quantitative estimate of drug-likeness (QED) is 0.870. The van der Waals surface area contributed by atoms with Crippen molar-refractivity contribution in [1.82, 2.24) is 15.3 Å². The summed E-state index contributed by atoms with van der Waals surface area (Å²) in [7, 11) is 0. The number of para-hydroxylation sites is 2. The Bertz CT molecular complexity index is 538. The Hall–Kier alpha value is -1.84. The smallest absolute Gasteiger partial charge is 0.223 e. The van der Waals surface area contributed by atoms with Crippen molar-refractivity contribution >= 4 is 16.9 Å². The predicted octanol–water partition coefficient (Wildman–Crippen LogP) is 2.54. The van der Waals surface area contributed by atoms with Crippen LogP contribution in [-0.2, 0) is 4.79 Å². The Morgan fingerprint density at radius 3 is 2.89 bits per heavy atom. The summed E-state index contributed by atoms with van der Waals surface area (Å²) in [6, 6.07) is 7.83. The molecule has 94 valence electrons. The van der Waals surface area contributed by atoms with Gasteiger partial charge in [0.1, 0.15) is 5.82 Å². The minimum Gasteiger partial charge on any atom is -0.346 e. The van der Waals surface area contributed by atoms with Crippen molar-refractivity contribution in [2.75, 3.05) is 0 Å². The van der Waals surface area contributed by atoms with Crippen molar-refractivity contribution < 1.29 is 4.79 Å². The number of aromatic nitrogens is 2. The number of amides is 1. The summed E-state index contributed by atoms with van der Waals surface area (Å²) in [6.45, 7) is 1.97. The number of rotatable bonds is 3. The van der Waals surface area contributed by atoms with E-state index in [1.807, 2.05) is 31.2 Å². The largest absolute Gasteiger partial charge is 0.346 e. The molecule has 0 spiro atoms. The van der Waals surface area contributed by atoms with Gasteiger partial charge in [-0.15, -0.1) is 0 Å². The second-order valence-corrected chi connectivity index (χ2v) is 5.00. The number of hydrogen-bond donors (Lipinski definition) is 2. The van der Waals surface area contributed by atoms with E-state index < -0.39 is 0 Å². The van der Waals surface area contributed by atoms with Crippen LogP contribution >= 0.6 is 0 Å². The number of fused-ring (bicyclic) bond motifs is 1. The van der Waals surface area contributed by atoms with Gasteiger partial charge in [0, 0.05) is 5.92 Å². The van der Waals surface area contributed by atoms with Crippen LogP contribution in [-0.4, -0.2) is 15.9 Å². The zero-order valence-corrected chi connectivity index (χ0v) is 10.4. The normalized spacial score (nSPS) is 17.4. The van der Waals surface area contributed by atoms with Gasteiger partial charge in [0.2, 0.25) is 5.91 Å². The first-order chi connectivity index (χ1) is 8.74. The fourth-order valence-corrected chi connectivity index (χ4v) is 2.25. The fraction of sp³-hybridized carbons (Fsp3) is 0.429. The molecule has 2 aromatic rings. The van der Waals surface area contributed by atoms with Crippen LogP contribution in [0.3, 0.4) is 0 Å². The average molecular weight is 243 g/mol. The van der Waals surface area contributed by atoms with Crippen molar-refractivity contribution in [3.05, 3.63) is 30.1 Å². The van der Waals surface area contributed by atoms with Crippen molar-refractivity contribution in [3.63, 3.8) is 0 Å². The van der Waals surface area contributed by atoms with E-state index in [0.29, 0.717) is 0 Å². The molecule has 0 unspecified atom stereocenters. The molecule has 0 aliphatic heterocycles. The summed E-state index contributed by atoms with van der Waals surface area (Å²) < 4.78 is 0. The Labute approximate surface area is 106 Å². The number of carbonyl (C=O) groups is 1. The maximum absolute atomic E-state index is 11.9. The SMILES string of the molecule is C[C@@H](NC(=O)C1CCC1)c1nc2ccccc2[nH]1. The van der Waals surface area contributed by atoms with Gasteiger partial charge in [0.15, 0.2) is 0 Å². The van der Waals surface area contributed by atoms with Crippen LogP contribution in [0.25, 0.3) is 11.0 Å². The van der Waals surface area contributed by atoms with Crippen molar-refractivity contribution in [3.8, 4) is 0 Å². The van der Waals surface area contributed by atoms with E-state index in [1.165, 1.54) is 6.42 Å². The third-order valence-electron chi connectivity index (χ3n) is 3.65. The maximum Gasteiger partial charge on any atom is 0.223 e. The van der Waals surface area contributed by atoms with Crippen LogP contribution in [0, 0.1) is 5.92 Å². The van der Waals surface area contributed by atoms with Gasteiger partial charge in [-0.25, -0.2) is 4.98 Å². The van der Waals surface area contributed by atoms with Crippen LogP contribution in [0.2, 0.25) is 0 Å². The Balaban J connectivity index is 1.74. The van der Waals surface area contributed by atoms with Gasteiger partial charge in [-0.3, -0.25) is 4.79 Å². The van der Waals surface area contributed by atoms with E-state index in [1.54, 1.807) is 0 Å². The number of aromatic amines is 1. The first-order valence-corrected chi connectivity index (χ1v) is 6.49. The standard InChI is InChI=1S/C14H17N3O/c1-9(15-14(18)10-5-4-6-10)13-16-11-7-2-3-8-12(11)17-13/h2-3,7-10H,4-6H2,1H3,(H,15,18)(H,16,17)/t9-/m1/s1. The van der Waals surface area contributed by atoms with Crippen molar-refractivity contribution in [2.24, 2.45) is 5.92 Å². The van der Waals surface area contributed by atoms with Gasteiger partial charge in [-0.2, -0.15) is 0 Å². The first-order valence-electron chi connectivity index (χ1n) is 6.49. The molecular weight excluding hydrogens is 226 g/mol. The molecule has 1 saturated carbocycles. The van der Waals surface area contributed by atoms with E-state index in [2.05, 4.69) is 15.3 Å². The summed E-state index contributed by atoms with van der Waals surface area (Å²) >= 11 is 0. The second kappa shape index (κ2) is 4.44. The molecule has 3 rings (SSSR count). The van der Waals surface area contributed by atoms with Crippen LogP contribution < -0.4 is 5.32 Å². The highest BCUT2D eigenvalue weighted by molar-refractivity contribution is 5.80. The van der Waals surface area contributed by atoms with Gasteiger partial charge >= 0.3 is 0 Å². The molecule has 1 aromatic heterocycles. The minimum atomic E-state index is -0.0644. The molecule has 0 bridgehead atoms. The first kappa shape index (κ1) is 11.3. The van der Waals surface area contributed by atoms with E-state index in [4.69, 9.17) is 0 Å². The molecule has 0 saturated heterocycles. The molecule has 4 nitrogen and oxygen atoms in total. The molecule has 1 aromatic carbocycles. The topological polar surface area (TPSA) is 57.8 Å². The molecule has 2 N–H and O–H groups in total. The molecule has 1 amide bonds. The number of nitrogens with zero attached hydrogens (tertiary/aromatic N) is 1. The van der Waals surface area contributed by atoms with Gasteiger partial charge in [-0.1, -0.05) is 18.6 Å². The van der Waals surface area contributed by atoms with Crippen LogP contribution in [0.1, 0.15) is 38.1 Å². The summed E-state index contributed by atoms with van der Waals surface area (Å²) in [5.41, 5.74) is 1.95. The molecule has 1 fully saturated rings. The highest BCUT2D eigenvalue weighted by Gasteiger charge is 2.26. The molecule has 0 radical (unpaired) electrons. The van der Waals surface area contributed by atoms with E-state index in [0.717, 1.165) is 29.7 Å². The molecule has 1 aliphatic carbocycles. The average Bonchev–Trinajstić information content (AvgIpc) is 2.69. The lowest BCUT2D eigenvalue weighted by Gasteiger charge is -2.25. The third kappa shape index (κ3) is 1.98. The van der Waals surface area contributed by atoms with Crippen LogP contribution in [0.5, 0.6) is 0 Å². The molecule has 18 heavy (non-hydrogen) atoms. The van der Waals surface area contributed by atoms with Gasteiger partial charge in [-0.05, 0) is 31.9 Å². The predicted molar refractivity (Wildman–Crippen MR) is 70.0 cm³/mol. The lowest BCUT2D eigenvalue weighted by atomic mass is 9.84. The molecule has 1 heterocycles. The summed E-state index contributed by atoms with van der Waals surface area (Å²) in [5.74, 6) is 1.20. The maximum atomic E-state index is 11.9. The molecule has 1 aliphatic rings. The second-order valence-electron chi connectivity index (χ2n) is 5.00. The zero-order chi connectivity index (χ0) is 12.5. The minimum absolute atomic E-state index is 0.0644.